The largest absolute Gasteiger partial charge is 0.356 e. The minimum atomic E-state index is -3.13. The number of piperidine rings is 2. The maximum atomic E-state index is 12.4. The minimum Gasteiger partial charge on any atom is -0.356 e. The molecule has 2 fully saturated rings. The lowest BCUT2D eigenvalue weighted by atomic mass is 9.94. The van der Waals surface area contributed by atoms with Gasteiger partial charge in [-0.3, -0.25) is 9.69 Å². The van der Waals surface area contributed by atoms with Crippen LogP contribution in [0.4, 0.5) is 0 Å². The van der Waals surface area contributed by atoms with Crippen LogP contribution in [-0.2, 0) is 21.4 Å². The number of thiophene rings is 1. The first-order chi connectivity index (χ1) is 12.4. The average Bonchev–Trinajstić information content (AvgIpc) is 3.13. The molecule has 1 aromatic rings. The highest BCUT2D eigenvalue weighted by molar-refractivity contribution is 7.88. The number of hydrogen-bond donors (Lipinski definition) is 1. The number of rotatable bonds is 6. The molecule has 0 aliphatic carbocycles. The summed E-state index contributed by atoms with van der Waals surface area (Å²) in [5.41, 5.74) is 1.39. The van der Waals surface area contributed by atoms with Gasteiger partial charge in [-0.05, 0) is 67.1 Å². The summed E-state index contributed by atoms with van der Waals surface area (Å²) in [7, 11) is -3.13. The van der Waals surface area contributed by atoms with Crippen molar-refractivity contribution in [3.8, 4) is 0 Å². The van der Waals surface area contributed by atoms with Gasteiger partial charge in [0.15, 0.2) is 0 Å². The Balaban J connectivity index is 1.34. The minimum absolute atomic E-state index is 0.0494. The first-order valence-electron chi connectivity index (χ1n) is 9.38. The number of hydrogen-bond acceptors (Lipinski definition) is 5. The van der Waals surface area contributed by atoms with Crippen LogP contribution in [0, 0.1) is 11.8 Å². The van der Waals surface area contributed by atoms with Crippen LogP contribution in [0.1, 0.15) is 31.2 Å². The van der Waals surface area contributed by atoms with E-state index in [1.165, 1.54) is 16.1 Å². The van der Waals surface area contributed by atoms with Gasteiger partial charge in [-0.1, -0.05) is 0 Å². The first kappa shape index (κ1) is 19.8. The standard InChI is InChI=1S/C18H29N3O3S2/c1-26(23,24)21-9-4-17(5-10-21)18(22)19-12-15-2-7-20(8-3-15)13-16-6-11-25-14-16/h6,11,14-15,17H,2-5,7-10,12-13H2,1H3,(H,19,22). The van der Waals surface area contributed by atoms with Crippen LogP contribution in [0.3, 0.4) is 0 Å². The fourth-order valence-corrected chi connectivity index (χ4v) is 5.36. The molecule has 2 aliphatic rings. The summed E-state index contributed by atoms with van der Waals surface area (Å²) < 4.78 is 24.6. The molecule has 1 N–H and O–H groups in total. The van der Waals surface area contributed by atoms with Crippen LogP contribution in [0.5, 0.6) is 0 Å². The molecule has 146 valence electrons. The van der Waals surface area contributed by atoms with Crippen LogP contribution in [0.2, 0.25) is 0 Å². The van der Waals surface area contributed by atoms with Gasteiger partial charge in [0.05, 0.1) is 6.26 Å². The molecular weight excluding hydrogens is 370 g/mol. The van der Waals surface area contributed by atoms with E-state index in [1.807, 2.05) is 0 Å². The average molecular weight is 400 g/mol. The Kier molecular flexibility index (Phi) is 6.71. The van der Waals surface area contributed by atoms with Crippen molar-refractivity contribution in [2.24, 2.45) is 11.8 Å². The van der Waals surface area contributed by atoms with Crippen molar-refractivity contribution in [1.29, 1.82) is 0 Å². The highest BCUT2D eigenvalue weighted by Crippen LogP contribution is 2.21. The van der Waals surface area contributed by atoms with Crippen molar-refractivity contribution in [3.63, 3.8) is 0 Å². The molecule has 0 spiro atoms. The Bertz CT molecular complexity index is 675. The molecule has 0 saturated carbocycles. The molecule has 3 heterocycles. The summed E-state index contributed by atoms with van der Waals surface area (Å²) >= 11 is 1.74. The van der Waals surface area contributed by atoms with E-state index in [-0.39, 0.29) is 11.8 Å². The second kappa shape index (κ2) is 8.82. The number of nitrogens with one attached hydrogen (secondary N) is 1. The molecule has 0 unspecified atom stereocenters. The molecule has 1 aromatic heterocycles. The smallest absolute Gasteiger partial charge is 0.223 e. The van der Waals surface area contributed by atoms with E-state index in [0.29, 0.717) is 31.8 Å². The SMILES string of the molecule is CS(=O)(=O)N1CCC(C(=O)NCC2CCN(Cc3ccsc3)CC2)CC1. The summed E-state index contributed by atoms with van der Waals surface area (Å²) in [6.07, 6.45) is 4.72. The van der Waals surface area contributed by atoms with Gasteiger partial charge >= 0.3 is 0 Å². The number of sulfonamides is 1. The predicted octanol–water partition coefficient (Wildman–Crippen LogP) is 1.75. The Labute approximate surface area is 160 Å². The first-order valence-corrected chi connectivity index (χ1v) is 12.2. The van der Waals surface area contributed by atoms with Crippen molar-refractivity contribution in [2.45, 2.75) is 32.2 Å². The Morgan fingerprint density at radius 3 is 2.46 bits per heavy atom. The lowest BCUT2D eigenvalue weighted by molar-refractivity contribution is -0.126. The normalized spacial score (nSPS) is 21.7. The molecule has 0 radical (unpaired) electrons. The van der Waals surface area contributed by atoms with E-state index >= 15 is 0 Å². The van der Waals surface area contributed by atoms with E-state index < -0.39 is 10.0 Å². The zero-order chi connectivity index (χ0) is 18.6. The lowest BCUT2D eigenvalue weighted by Crippen LogP contribution is -2.44. The third-order valence-corrected chi connectivity index (χ3v) is 7.59. The van der Waals surface area contributed by atoms with Crippen molar-refractivity contribution >= 4 is 27.3 Å². The zero-order valence-corrected chi connectivity index (χ0v) is 17.0. The summed E-state index contributed by atoms with van der Waals surface area (Å²) in [5.74, 6) is 0.597. The van der Waals surface area contributed by atoms with E-state index in [1.54, 1.807) is 11.3 Å². The third kappa shape index (κ3) is 5.52. The van der Waals surface area contributed by atoms with E-state index in [4.69, 9.17) is 0 Å². The van der Waals surface area contributed by atoms with E-state index in [0.717, 1.165) is 39.0 Å². The van der Waals surface area contributed by atoms with Gasteiger partial charge in [0.1, 0.15) is 0 Å². The van der Waals surface area contributed by atoms with Gasteiger partial charge in [0.25, 0.3) is 0 Å². The maximum Gasteiger partial charge on any atom is 0.223 e. The second-order valence-electron chi connectivity index (χ2n) is 7.53. The molecule has 0 aromatic carbocycles. The molecule has 0 bridgehead atoms. The number of amides is 1. The molecule has 26 heavy (non-hydrogen) atoms. The third-order valence-electron chi connectivity index (χ3n) is 5.55. The summed E-state index contributed by atoms with van der Waals surface area (Å²) in [5, 5.41) is 7.45. The predicted molar refractivity (Wildman–Crippen MR) is 104 cm³/mol. The molecule has 2 saturated heterocycles. The summed E-state index contributed by atoms with van der Waals surface area (Å²) in [6.45, 7) is 4.86. The van der Waals surface area contributed by atoms with Crippen molar-refractivity contribution in [1.82, 2.24) is 14.5 Å². The van der Waals surface area contributed by atoms with Gasteiger partial charge in [0, 0.05) is 32.1 Å². The molecule has 3 rings (SSSR count). The fourth-order valence-electron chi connectivity index (χ4n) is 3.83. The van der Waals surface area contributed by atoms with E-state index in [2.05, 4.69) is 27.0 Å². The van der Waals surface area contributed by atoms with Crippen molar-refractivity contribution < 1.29 is 13.2 Å². The van der Waals surface area contributed by atoms with Gasteiger partial charge in [-0.2, -0.15) is 11.3 Å². The maximum absolute atomic E-state index is 12.4. The Morgan fingerprint density at radius 1 is 1.19 bits per heavy atom. The molecule has 8 heteroatoms. The second-order valence-corrected chi connectivity index (χ2v) is 10.3. The molecular formula is C18H29N3O3S2. The highest BCUT2D eigenvalue weighted by Gasteiger charge is 2.29. The zero-order valence-electron chi connectivity index (χ0n) is 15.4. The van der Waals surface area contributed by atoms with Gasteiger partial charge in [-0.25, -0.2) is 12.7 Å². The van der Waals surface area contributed by atoms with Crippen molar-refractivity contribution in [2.75, 3.05) is 39.0 Å². The van der Waals surface area contributed by atoms with Gasteiger partial charge in [0.2, 0.25) is 15.9 Å². The molecule has 1 amide bonds. The number of nitrogens with zero attached hydrogens (tertiary/aromatic N) is 2. The monoisotopic (exact) mass is 399 g/mol. The van der Waals surface area contributed by atoms with Crippen LogP contribution in [-0.4, -0.2) is 62.5 Å². The number of carbonyl (C=O) groups excluding carboxylic acids is 1. The molecule has 0 atom stereocenters. The van der Waals surface area contributed by atoms with Crippen LogP contribution in [0.25, 0.3) is 0 Å². The van der Waals surface area contributed by atoms with Crippen LogP contribution < -0.4 is 5.32 Å². The van der Waals surface area contributed by atoms with E-state index in [9.17, 15) is 13.2 Å². The number of carbonyl (C=O) groups is 1. The Morgan fingerprint density at radius 2 is 1.88 bits per heavy atom. The number of likely N-dealkylation sites (tertiary alicyclic amines) is 1. The highest BCUT2D eigenvalue weighted by atomic mass is 32.2. The lowest BCUT2D eigenvalue weighted by Gasteiger charge is -2.33. The van der Waals surface area contributed by atoms with Gasteiger partial charge in [-0.15, -0.1) is 0 Å². The van der Waals surface area contributed by atoms with Crippen molar-refractivity contribution in [3.05, 3.63) is 22.4 Å². The Hall–Kier alpha value is -0.960. The van der Waals surface area contributed by atoms with Crippen LogP contribution >= 0.6 is 11.3 Å². The molecule has 6 nitrogen and oxygen atoms in total. The quantitative estimate of drug-likeness (QED) is 0.791. The summed E-state index contributed by atoms with van der Waals surface area (Å²) in [4.78, 5) is 14.9. The van der Waals surface area contributed by atoms with Gasteiger partial charge < -0.3 is 5.32 Å². The fraction of sp³-hybridized carbons (Fsp3) is 0.722. The summed E-state index contributed by atoms with van der Waals surface area (Å²) in [6, 6.07) is 2.19. The molecule has 2 aliphatic heterocycles. The topological polar surface area (TPSA) is 69.7 Å². The van der Waals surface area contributed by atoms with Crippen LogP contribution in [0.15, 0.2) is 16.8 Å².